The van der Waals surface area contributed by atoms with Gasteiger partial charge in [-0.05, 0) is 12.8 Å². The molecule has 9 nitrogen and oxygen atoms in total. The molecule has 1 aliphatic carbocycles. The van der Waals surface area contributed by atoms with Gasteiger partial charge in [0, 0.05) is 46.3 Å². The predicted octanol–water partition coefficient (Wildman–Crippen LogP) is -0.595. The van der Waals surface area contributed by atoms with Gasteiger partial charge in [-0.25, -0.2) is 4.98 Å². The number of halogens is 1. The minimum absolute atomic E-state index is 0. The first-order valence-electron chi connectivity index (χ1n) is 8.46. The molecule has 10 heteroatoms. The molecule has 1 amide bonds. The van der Waals surface area contributed by atoms with Gasteiger partial charge in [0.25, 0.3) is 0 Å². The molecule has 2 N–H and O–H groups in total. The Morgan fingerprint density at radius 1 is 1.32 bits per heavy atom. The highest BCUT2D eigenvalue weighted by molar-refractivity contribution is 14.0. The number of aromatic nitrogens is 3. The van der Waals surface area contributed by atoms with Crippen LogP contribution in [-0.2, 0) is 18.4 Å². The van der Waals surface area contributed by atoms with E-state index in [4.69, 9.17) is 0 Å². The topological polar surface area (TPSA) is 90.7 Å². The summed E-state index contributed by atoms with van der Waals surface area (Å²) in [5, 5.41) is 10.4. The van der Waals surface area contributed by atoms with Crippen LogP contribution in [0, 0.1) is 0 Å². The summed E-state index contributed by atoms with van der Waals surface area (Å²) in [6.45, 7) is 4.53. The van der Waals surface area contributed by atoms with E-state index in [0.717, 1.165) is 50.8 Å². The number of amides is 1. The van der Waals surface area contributed by atoms with Crippen molar-refractivity contribution in [3.63, 3.8) is 0 Å². The number of piperazine rings is 1. The molecule has 1 saturated heterocycles. The normalized spacial score (nSPS) is 18.6. The molecule has 1 saturated carbocycles. The van der Waals surface area contributed by atoms with Gasteiger partial charge in [0.2, 0.25) is 5.91 Å². The molecule has 1 aliphatic heterocycles. The maximum atomic E-state index is 11.9. The Kier molecular flexibility index (Phi) is 7.41. The second-order valence-corrected chi connectivity index (χ2v) is 6.31. The summed E-state index contributed by atoms with van der Waals surface area (Å²) in [5.41, 5.74) is 0. The lowest BCUT2D eigenvalue weighted by Gasteiger charge is -2.36. The summed E-state index contributed by atoms with van der Waals surface area (Å²) in [7, 11) is 3.66. The van der Waals surface area contributed by atoms with Crippen LogP contribution in [-0.4, -0.2) is 82.2 Å². The first kappa shape index (κ1) is 19.9. The molecule has 0 radical (unpaired) electrons. The van der Waals surface area contributed by atoms with Crippen molar-refractivity contribution in [2.45, 2.75) is 25.4 Å². The summed E-state index contributed by atoms with van der Waals surface area (Å²) in [6.07, 6.45) is 3.81. The monoisotopic (exact) mass is 462 g/mol. The molecule has 0 unspecified atom stereocenters. The van der Waals surface area contributed by atoms with Crippen molar-refractivity contribution in [2.75, 3.05) is 39.8 Å². The fraction of sp³-hybridized carbons (Fsp3) is 0.733. The summed E-state index contributed by atoms with van der Waals surface area (Å²) in [6, 6.07) is 0.433. The van der Waals surface area contributed by atoms with Gasteiger partial charge in [-0.2, -0.15) is 5.10 Å². The molecule has 3 rings (SSSR count). The van der Waals surface area contributed by atoms with Crippen LogP contribution in [0.5, 0.6) is 0 Å². The highest BCUT2D eigenvalue weighted by Gasteiger charge is 2.25. The average molecular weight is 462 g/mol. The number of carbonyl (C=O) groups is 1. The van der Waals surface area contributed by atoms with E-state index < -0.39 is 0 Å². The second-order valence-electron chi connectivity index (χ2n) is 6.31. The van der Waals surface area contributed by atoms with Gasteiger partial charge >= 0.3 is 0 Å². The van der Waals surface area contributed by atoms with Gasteiger partial charge in [-0.1, -0.05) is 0 Å². The zero-order valence-corrected chi connectivity index (χ0v) is 17.1. The zero-order chi connectivity index (χ0) is 16.9. The quantitative estimate of drug-likeness (QED) is 0.345. The number of rotatable bonds is 5. The molecule has 0 aromatic carbocycles. The highest BCUT2D eigenvalue weighted by Crippen LogP contribution is 2.18. The van der Waals surface area contributed by atoms with Crippen molar-refractivity contribution in [1.82, 2.24) is 35.2 Å². The van der Waals surface area contributed by atoms with Crippen molar-refractivity contribution in [3.05, 3.63) is 12.2 Å². The van der Waals surface area contributed by atoms with Crippen LogP contribution >= 0.6 is 24.0 Å². The molecule has 1 aromatic heterocycles. The molecule has 1 aromatic rings. The highest BCUT2D eigenvalue weighted by atomic mass is 127. The van der Waals surface area contributed by atoms with E-state index in [2.05, 4.69) is 35.5 Å². The van der Waals surface area contributed by atoms with Gasteiger partial charge in [-0.3, -0.25) is 19.4 Å². The second kappa shape index (κ2) is 9.32. The van der Waals surface area contributed by atoms with E-state index in [-0.39, 0.29) is 29.9 Å². The fourth-order valence-corrected chi connectivity index (χ4v) is 2.79. The molecule has 2 aliphatic rings. The van der Waals surface area contributed by atoms with Gasteiger partial charge in [0.05, 0.1) is 13.1 Å². The minimum Gasteiger partial charge on any atom is -0.352 e. The zero-order valence-electron chi connectivity index (χ0n) is 14.8. The maximum absolute atomic E-state index is 11.9. The van der Waals surface area contributed by atoms with Gasteiger partial charge in [-0.15, -0.1) is 24.0 Å². The lowest BCUT2D eigenvalue weighted by Crippen LogP contribution is -2.54. The van der Waals surface area contributed by atoms with Crippen molar-refractivity contribution in [2.24, 2.45) is 12.0 Å². The lowest BCUT2D eigenvalue weighted by molar-refractivity contribution is -0.122. The van der Waals surface area contributed by atoms with Crippen molar-refractivity contribution in [1.29, 1.82) is 0 Å². The van der Waals surface area contributed by atoms with Crippen molar-refractivity contribution < 1.29 is 4.79 Å². The summed E-state index contributed by atoms with van der Waals surface area (Å²) in [4.78, 5) is 24.8. The van der Waals surface area contributed by atoms with E-state index in [1.54, 1.807) is 18.1 Å². The number of nitrogens with zero attached hydrogens (tertiary/aromatic N) is 6. The molecule has 2 fully saturated rings. The third-order valence-corrected chi connectivity index (χ3v) is 4.40. The van der Waals surface area contributed by atoms with Crippen LogP contribution in [0.2, 0.25) is 0 Å². The Morgan fingerprint density at radius 2 is 2.04 bits per heavy atom. The Labute approximate surface area is 165 Å². The van der Waals surface area contributed by atoms with E-state index in [1.165, 1.54) is 0 Å². The Morgan fingerprint density at radius 3 is 2.60 bits per heavy atom. The summed E-state index contributed by atoms with van der Waals surface area (Å²) < 4.78 is 1.75. The third-order valence-electron chi connectivity index (χ3n) is 4.40. The lowest BCUT2D eigenvalue weighted by atomic mass is 10.3. The van der Waals surface area contributed by atoms with Crippen LogP contribution in [0.1, 0.15) is 18.7 Å². The first-order chi connectivity index (χ1) is 11.7. The van der Waals surface area contributed by atoms with Crippen LogP contribution in [0.3, 0.4) is 0 Å². The number of hydrogen-bond donors (Lipinski definition) is 2. The third kappa shape index (κ3) is 5.80. The number of aliphatic imine (C=N–C) groups is 1. The van der Waals surface area contributed by atoms with Crippen LogP contribution in [0.4, 0.5) is 0 Å². The van der Waals surface area contributed by atoms with Gasteiger partial charge < -0.3 is 15.5 Å². The Bertz CT molecular complexity index is 592. The standard InChI is InChI=1S/C15H26N8O.HI/c1-16-15(17-9-13-18-11-19-21(13)2)23-7-5-22(6-8-23)10-14(24)20-12-3-4-12;/h11-12H,3-10H2,1-2H3,(H,16,17)(H,20,24);1H. The molecule has 0 spiro atoms. The summed E-state index contributed by atoms with van der Waals surface area (Å²) >= 11 is 0. The number of hydrogen-bond acceptors (Lipinski definition) is 5. The van der Waals surface area contributed by atoms with Gasteiger partial charge in [0.1, 0.15) is 12.2 Å². The van der Waals surface area contributed by atoms with E-state index in [0.29, 0.717) is 19.1 Å². The molecule has 0 bridgehead atoms. The van der Waals surface area contributed by atoms with Gasteiger partial charge in [0.15, 0.2) is 5.96 Å². The molecular weight excluding hydrogens is 435 g/mol. The molecule has 25 heavy (non-hydrogen) atoms. The predicted molar refractivity (Wildman–Crippen MR) is 106 cm³/mol. The Balaban J connectivity index is 0.00000225. The molecule has 2 heterocycles. The van der Waals surface area contributed by atoms with Crippen molar-refractivity contribution >= 4 is 35.8 Å². The largest absolute Gasteiger partial charge is 0.352 e. The smallest absolute Gasteiger partial charge is 0.234 e. The molecular formula is C15H27IN8O. The average Bonchev–Trinajstić information content (AvgIpc) is 3.29. The molecule has 0 atom stereocenters. The maximum Gasteiger partial charge on any atom is 0.234 e. The van der Waals surface area contributed by atoms with Crippen LogP contribution in [0.25, 0.3) is 0 Å². The molecule has 140 valence electrons. The minimum atomic E-state index is 0. The fourth-order valence-electron chi connectivity index (χ4n) is 2.79. The number of nitrogens with one attached hydrogen (secondary N) is 2. The number of aryl methyl sites for hydroxylation is 1. The van der Waals surface area contributed by atoms with Crippen molar-refractivity contribution in [3.8, 4) is 0 Å². The first-order valence-corrected chi connectivity index (χ1v) is 8.46. The van der Waals surface area contributed by atoms with E-state index >= 15 is 0 Å². The SMILES string of the molecule is CN=C(NCc1ncnn1C)N1CCN(CC(=O)NC2CC2)CC1.I. The van der Waals surface area contributed by atoms with E-state index in [1.807, 2.05) is 7.05 Å². The Hall–Kier alpha value is -1.43. The number of carbonyl (C=O) groups excluding carboxylic acids is 1. The summed E-state index contributed by atoms with van der Waals surface area (Å²) in [5.74, 6) is 1.88. The van der Waals surface area contributed by atoms with Crippen LogP contribution < -0.4 is 10.6 Å². The van der Waals surface area contributed by atoms with Crippen LogP contribution in [0.15, 0.2) is 11.3 Å². The van der Waals surface area contributed by atoms with E-state index in [9.17, 15) is 4.79 Å². The number of guanidine groups is 1.